The van der Waals surface area contributed by atoms with Gasteiger partial charge in [-0.3, -0.25) is 24.2 Å². The van der Waals surface area contributed by atoms with Gasteiger partial charge in [0, 0.05) is 61.3 Å². The Morgan fingerprint density at radius 1 is 1.13 bits per heavy atom. The summed E-state index contributed by atoms with van der Waals surface area (Å²) >= 11 is 0. The summed E-state index contributed by atoms with van der Waals surface area (Å²) in [5.74, 6) is -0.376. The number of amides is 3. The smallest absolute Gasteiger partial charge is 0.270 e. The molecule has 1 saturated carbocycles. The molecule has 0 atom stereocenters. The van der Waals surface area contributed by atoms with Gasteiger partial charge in [-0.1, -0.05) is 43.8 Å². The van der Waals surface area contributed by atoms with E-state index in [9.17, 15) is 19.2 Å². The number of para-hydroxylation sites is 1. The molecule has 0 aliphatic heterocycles. The van der Waals surface area contributed by atoms with Crippen molar-refractivity contribution in [3.63, 3.8) is 0 Å². The summed E-state index contributed by atoms with van der Waals surface area (Å²) in [6.45, 7) is 6.01. The summed E-state index contributed by atoms with van der Waals surface area (Å²) in [5, 5.41) is 11.6. The van der Waals surface area contributed by atoms with E-state index in [2.05, 4.69) is 32.8 Å². The average molecular weight is 611 g/mol. The molecule has 0 saturated heterocycles. The van der Waals surface area contributed by atoms with Crippen LogP contribution in [0, 0.1) is 5.92 Å². The molecule has 0 spiro atoms. The highest BCUT2D eigenvalue weighted by Crippen LogP contribution is 2.37. The summed E-state index contributed by atoms with van der Waals surface area (Å²) in [6, 6.07) is 12.2. The summed E-state index contributed by atoms with van der Waals surface area (Å²) < 4.78 is 7.25. The lowest BCUT2D eigenvalue weighted by atomic mass is 10.0. The maximum atomic E-state index is 12.8. The number of anilines is 1. The van der Waals surface area contributed by atoms with Gasteiger partial charge < -0.3 is 30.6 Å². The lowest BCUT2D eigenvalue weighted by molar-refractivity contribution is -0.121. The fourth-order valence-corrected chi connectivity index (χ4v) is 4.55. The first-order valence-corrected chi connectivity index (χ1v) is 14.6. The number of rotatable bonds is 13. The second-order valence-corrected chi connectivity index (χ2v) is 10.5. The summed E-state index contributed by atoms with van der Waals surface area (Å²) in [5.41, 5.74) is 3.49. The van der Waals surface area contributed by atoms with Crippen LogP contribution in [-0.4, -0.2) is 41.4 Å². The number of aromatic nitrogens is 2. The molecule has 3 aromatic rings. The second-order valence-electron chi connectivity index (χ2n) is 10.5. The lowest BCUT2D eigenvalue weighted by Gasteiger charge is -2.19. The van der Waals surface area contributed by atoms with Crippen LogP contribution < -0.4 is 31.6 Å². The van der Waals surface area contributed by atoms with Crippen LogP contribution in [0.4, 0.5) is 5.69 Å². The maximum absolute atomic E-state index is 12.8. The minimum absolute atomic E-state index is 0.0120. The molecular formula is C34H38N6O5. The molecule has 0 bridgehead atoms. The zero-order chi connectivity index (χ0) is 32.5. The predicted molar refractivity (Wildman–Crippen MR) is 173 cm³/mol. The molecule has 2 heterocycles. The van der Waals surface area contributed by atoms with Crippen molar-refractivity contribution in [3.05, 3.63) is 112 Å². The summed E-state index contributed by atoms with van der Waals surface area (Å²) in [6.07, 6.45) is 9.17. The first kappa shape index (κ1) is 32.5. The number of likely N-dealkylation sites (N-methyl/N-ethyl adjacent to an activating group) is 1. The van der Waals surface area contributed by atoms with Gasteiger partial charge >= 0.3 is 0 Å². The Bertz CT molecular complexity index is 1720. The van der Waals surface area contributed by atoms with Crippen molar-refractivity contribution in [1.29, 1.82) is 0 Å². The molecule has 234 valence electrons. The third-order valence-corrected chi connectivity index (χ3v) is 7.20. The largest absolute Gasteiger partial charge is 0.494 e. The van der Waals surface area contributed by atoms with Gasteiger partial charge in [0.1, 0.15) is 11.4 Å². The van der Waals surface area contributed by atoms with Crippen LogP contribution in [0.2, 0.25) is 0 Å². The number of pyridine rings is 2. The van der Waals surface area contributed by atoms with Gasteiger partial charge in [0.25, 0.3) is 17.4 Å². The Kier molecular flexibility index (Phi) is 10.7. The topological polar surface area (TPSA) is 143 Å². The molecule has 2 aromatic heterocycles. The number of carbonyl (C=O) groups excluding carboxylic acids is 3. The van der Waals surface area contributed by atoms with Crippen molar-refractivity contribution >= 4 is 23.4 Å². The SMILES string of the molecule is C=C(C(=O)NC)/C(=C\C(=C\CC)NC(=O)C1CC1)Nc1cccc(-c2ccc(C(=O)NCc3cccn(C)c3=O)nc2)c1OC. The Hall–Kier alpha value is -5.45. The molecule has 45 heavy (non-hydrogen) atoms. The molecular weight excluding hydrogens is 572 g/mol. The molecule has 4 rings (SSSR count). The highest BCUT2D eigenvalue weighted by atomic mass is 16.5. The first-order chi connectivity index (χ1) is 21.7. The Morgan fingerprint density at radius 2 is 1.91 bits per heavy atom. The molecule has 4 N–H and O–H groups in total. The quantitative estimate of drug-likeness (QED) is 0.170. The van der Waals surface area contributed by atoms with Crippen LogP contribution >= 0.6 is 0 Å². The van der Waals surface area contributed by atoms with E-state index in [1.165, 1.54) is 18.7 Å². The molecule has 1 aliphatic carbocycles. The number of hydrogen-bond acceptors (Lipinski definition) is 7. The average Bonchev–Trinajstić information content (AvgIpc) is 3.90. The minimum Gasteiger partial charge on any atom is -0.494 e. The minimum atomic E-state index is -0.415. The number of allylic oxidation sites excluding steroid dienone is 2. The van der Waals surface area contributed by atoms with Crippen LogP contribution in [0.15, 0.2) is 95.4 Å². The Labute approximate surface area is 262 Å². The van der Waals surface area contributed by atoms with E-state index in [1.807, 2.05) is 25.1 Å². The molecule has 11 nitrogen and oxygen atoms in total. The molecule has 1 fully saturated rings. The molecule has 0 unspecified atom stereocenters. The van der Waals surface area contributed by atoms with E-state index in [1.54, 1.807) is 55.8 Å². The van der Waals surface area contributed by atoms with E-state index in [4.69, 9.17) is 4.74 Å². The van der Waals surface area contributed by atoms with Gasteiger partial charge in [-0.15, -0.1) is 0 Å². The van der Waals surface area contributed by atoms with Crippen molar-refractivity contribution < 1.29 is 19.1 Å². The molecule has 0 radical (unpaired) electrons. The lowest BCUT2D eigenvalue weighted by Crippen LogP contribution is -2.29. The summed E-state index contributed by atoms with van der Waals surface area (Å²) in [4.78, 5) is 54.5. The van der Waals surface area contributed by atoms with E-state index in [0.29, 0.717) is 45.9 Å². The third kappa shape index (κ3) is 8.14. The van der Waals surface area contributed by atoms with Gasteiger partial charge in [-0.05, 0) is 43.5 Å². The van der Waals surface area contributed by atoms with Gasteiger partial charge in [0.05, 0.1) is 24.1 Å². The van der Waals surface area contributed by atoms with Gasteiger partial charge in [-0.2, -0.15) is 0 Å². The number of benzene rings is 1. The van der Waals surface area contributed by atoms with Gasteiger partial charge in [0.2, 0.25) is 5.91 Å². The Balaban J connectivity index is 1.59. The first-order valence-electron chi connectivity index (χ1n) is 14.6. The van der Waals surface area contributed by atoms with Crippen molar-refractivity contribution in [2.75, 3.05) is 19.5 Å². The van der Waals surface area contributed by atoms with E-state index >= 15 is 0 Å². The molecule has 1 aliphatic rings. The van der Waals surface area contributed by atoms with Gasteiger partial charge in [-0.25, -0.2) is 0 Å². The highest BCUT2D eigenvalue weighted by Gasteiger charge is 2.30. The number of nitrogens with zero attached hydrogens (tertiary/aromatic N) is 2. The van der Waals surface area contributed by atoms with Crippen molar-refractivity contribution in [2.24, 2.45) is 13.0 Å². The molecule has 11 heteroatoms. The molecule has 3 amide bonds. The van der Waals surface area contributed by atoms with Crippen LogP contribution in [0.1, 0.15) is 42.2 Å². The molecule has 1 aromatic carbocycles. The van der Waals surface area contributed by atoms with Gasteiger partial charge in [0.15, 0.2) is 0 Å². The summed E-state index contributed by atoms with van der Waals surface area (Å²) in [7, 11) is 4.70. The fourth-order valence-electron chi connectivity index (χ4n) is 4.55. The highest BCUT2D eigenvalue weighted by molar-refractivity contribution is 5.98. The van der Waals surface area contributed by atoms with Crippen LogP contribution in [0.25, 0.3) is 11.1 Å². The zero-order valence-electron chi connectivity index (χ0n) is 25.9. The number of hydrogen-bond donors (Lipinski definition) is 4. The standard InChI is InChI=1S/C34H38N6O5/c1-6-9-25(38-32(42)22-13-14-22)18-29(21(2)31(41)35-3)39-27-12-7-11-26(30(27)45-5)23-15-16-28(36-19-23)33(43)37-20-24-10-8-17-40(4)34(24)44/h7-12,15-19,22,39H,2,6,13-14,20H2,1,3-5H3,(H,35,41)(H,37,43)(H,38,42)/b25-9-,29-18+. The van der Waals surface area contributed by atoms with Crippen LogP contribution in [-0.2, 0) is 23.2 Å². The number of carbonyl (C=O) groups is 3. The zero-order valence-corrected chi connectivity index (χ0v) is 25.9. The maximum Gasteiger partial charge on any atom is 0.270 e. The van der Waals surface area contributed by atoms with Crippen LogP contribution in [0.3, 0.4) is 0 Å². The second kappa shape index (κ2) is 14.8. The number of nitrogens with one attached hydrogen (secondary N) is 4. The van der Waals surface area contributed by atoms with Crippen LogP contribution in [0.5, 0.6) is 5.75 Å². The number of aryl methyl sites for hydroxylation is 1. The van der Waals surface area contributed by atoms with Crippen molar-refractivity contribution in [2.45, 2.75) is 32.7 Å². The van der Waals surface area contributed by atoms with E-state index in [-0.39, 0.29) is 41.1 Å². The number of methoxy groups -OCH3 is 1. The Morgan fingerprint density at radius 3 is 2.56 bits per heavy atom. The normalized spacial score (nSPS) is 13.1. The van der Waals surface area contributed by atoms with E-state index in [0.717, 1.165) is 12.8 Å². The van der Waals surface area contributed by atoms with E-state index < -0.39 is 5.91 Å². The van der Waals surface area contributed by atoms with Crippen molar-refractivity contribution in [3.8, 4) is 16.9 Å². The predicted octanol–water partition coefficient (Wildman–Crippen LogP) is 3.80. The number of ether oxygens (including phenoxy) is 1. The monoisotopic (exact) mass is 610 g/mol. The third-order valence-electron chi connectivity index (χ3n) is 7.20. The van der Waals surface area contributed by atoms with Crippen molar-refractivity contribution in [1.82, 2.24) is 25.5 Å². The fraction of sp³-hybridized carbons (Fsp3) is 0.265.